The highest BCUT2D eigenvalue weighted by Crippen LogP contribution is 2.32. The molecule has 1 aliphatic heterocycles. The Bertz CT molecular complexity index is 787. The maximum Gasteiger partial charge on any atom is 0.437 e. The van der Waals surface area contributed by atoms with E-state index in [1.54, 1.807) is 11.0 Å². The van der Waals surface area contributed by atoms with Gasteiger partial charge in [0.15, 0.2) is 5.69 Å². The zero-order chi connectivity index (χ0) is 19.4. The molecule has 1 atom stereocenters. The fraction of sp³-hybridized carbons (Fsp3) is 0.412. The number of alkyl halides is 3. The van der Waals surface area contributed by atoms with Gasteiger partial charge in [-0.3, -0.25) is 4.90 Å². The summed E-state index contributed by atoms with van der Waals surface area (Å²) in [6.07, 6.45) is -3.97. The minimum Gasteiger partial charge on any atom is -0.459 e. The van der Waals surface area contributed by atoms with Gasteiger partial charge in [0.1, 0.15) is 24.7 Å². The van der Waals surface area contributed by atoms with E-state index in [0.29, 0.717) is 26.3 Å². The van der Waals surface area contributed by atoms with Crippen molar-refractivity contribution in [2.75, 3.05) is 26.3 Å². The van der Waals surface area contributed by atoms with Crippen molar-refractivity contribution in [3.8, 4) is 0 Å². The number of esters is 1. The van der Waals surface area contributed by atoms with Gasteiger partial charge < -0.3 is 14.0 Å². The third-order valence-electron chi connectivity index (χ3n) is 4.12. The van der Waals surface area contributed by atoms with Crippen molar-refractivity contribution in [1.29, 1.82) is 0 Å². The van der Waals surface area contributed by atoms with E-state index in [-0.39, 0.29) is 5.56 Å². The molecule has 0 aliphatic carbocycles. The minimum atomic E-state index is -4.73. The molecule has 0 N–H and O–H groups in total. The van der Waals surface area contributed by atoms with Gasteiger partial charge in [0, 0.05) is 18.7 Å². The first-order valence-electron chi connectivity index (χ1n) is 8.11. The molecular weight excluding hydrogens is 372 g/mol. The second-order valence-corrected chi connectivity index (χ2v) is 5.87. The molecule has 27 heavy (non-hydrogen) atoms. The molecule has 1 aliphatic rings. The number of carbonyl (C=O) groups excluding carboxylic acids is 1. The van der Waals surface area contributed by atoms with Crippen LogP contribution in [-0.4, -0.2) is 42.3 Å². The van der Waals surface area contributed by atoms with Gasteiger partial charge in [0.25, 0.3) is 0 Å². The van der Waals surface area contributed by atoms with Crippen LogP contribution in [0.1, 0.15) is 22.9 Å². The SMILES string of the molecule is O=C(OCc1conc1C(F)(F)F)[C@@H](c1ccccc1F)N1CCOCC1. The maximum atomic E-state index is 14.2. The molecule has 1 aromatic heterocycles. The van der Waals surface area contributed by atoms with Gasteiger partial charge in [0.2, 0.25) is 0 Å². The second-order valence-electron chi connectivity index (χ2n) is 5.87. The van der Waals surface area contributed by atoms with Crippen molar-refractivity contribution in [3.63, 3.8) is 0 Å². The third kappa shape index (κ3) is 4.45. The highest BCUT2D eigenvalue weighted by molar-refractivity contribution is 5.77. The lowest BCUT2D eigenvalue weighted by Gasteiger charge is -2.33. The average molecular weight is 388 g/mol. The topological polar surface area (TPSA) is 64.8 Å². The van der Waals surface area contributed by atoms with E-state index in [0.717, 1.165) is 6.26 Å². The molecule has 6 nitrogen and oxygen atoms in total. The van der Waals surface area contributed by atoms with Crippen LogP contribution >= 0.6 is 0 Å². The van der Waals surface area contributed by atoms with Crippen LogP contribution in [-0.2, 0) is 27.1 Å². The lowest BCUT2D eigenvalue weighted by atomic mass is 10.0. The Balaban J connectivity index is 1.79. The molecule has 0 bridgehead atoms. The number of morpholine rings is 1. The van der Waals surface area contributed by atoms with Crippen molar-refractivity contribution >= 4 is 5.97 Å². The predicted octanol–water partition coefficient (Wildman–Crippen LogP) is 2.95. The molecule has 1 saturated heterocycles. The molecule has 1 aromatic carbocycles. The van der Waals surface area contributed by atoms with Crippen molar-refractivity contribution < 1.29 is 36.4 Å². The predicted molar refractivity (Wildman–Crippen MR) is 82.8 cm³/mol. The summed E-state index contributed by atoms with van der Waals surface area (Å²) in [6, 6.07) is 4.60. The summed E-state index contributed by atoms with van der Waals surface area (Å²) < 4.78 is 67.4. The summed E-state index contributed by atoms with van der Waals surface area (Å²) >= 11 is 0. The Kier molecular flexibility index (Phi) is 5.76. The number of nitrogens with zero attached hydrogens (tertiary/aromatic N) is 2. The molecule has 0 unspecified atom stereocenters. The number of hydrogen-bond acceptors (Lipinski definition) is 6. The second kappa shape index (κ2) is 8.05. The molecule has 2 aromatic rings. The van der Waals surface area contributed by atoms with Gasteiger partial charge in [-0.25, -0.2) is 9.18 Å². The van der Waals surface area contributed by atoms with Crippen molar-refractivity contribution in [2.24, 2.45) is 0 Å². The largest absolute Gasteiger partial charge is 0.459 e. The molecular formula is C17H16F4N2O4. The van der Waals surface area contributed by atoms with E-state index in [2.05, 4.69) is 9.68 Å². The summed E-state index contributed by atoms with van der Waals surface area (Å²) in [5, 5.41) is 2.89. The van der Waals surface area contributed by atoms with Crippen LogP contribution in [0.5, 0.6) is 0 Å². The Hall–Kier alpha value is -2.46. The monoisotopic (exact) mass is 388 g/mol. The standard InChI is InChI=1S/C17H16F4N2O4/c18-13-4-2-1-3-12(13)14(23-5-7-25-8-6-23)16(24)26-9-11-10-27-22-15(11)17(19,20)21/h1-4,10,14H,5-9H2/t14-/m1/s1. The lowest BCUT2D eigenvalue weighted by molar-refractivity contribution is -0.155. The van der Waals surface area contributed by atoms with Gasteiger partial charge in [-0.2, -0.15) is 13.2 Å². The number of aromatic nitrogens is 1. The molecule has 3 rings (SSSR count). The van der Waals surface area contributed by atoms with Gasteiger partial charge in [-0.1, -0.05) is 23.4 Å². The fourth-order valence-electron chi connectivity index (χ4n) is 2.83. The molecule has 0 amide bonds. The number of benzene rings is 1. The first-order chi connectivity index (χ1) is 12.9. The number of halogens is 4. The first kappa shape index (κ1) is 19.3. The Labute approximate surface area is 151 Å². The molecule has 146 valence electrons. The smallest absolute Gasteiger partial charge is 0.437 e. The molecule has 0 radical (unpaired) electrons. The van der Waals surface area contributed by atoms with Gasteiger partial charge in [0.05, 0.1) is 18.8 Å². The van der Waals surface area contributed by atoms with Crippen LogP contribution in [0.3, 0.4) is 0 Å². The van der Waals surface area contributed by atoms with E-state index >= 15 is 0 Å². The number of rotatable bonds is 5. The number of ether oxygens (including phenoxy) is 2. The zero-order valence-corrected chi connectivity index (χ0v) is 14.0. The van der Waals surface area contributed by atoms with E-state index in [4.69, 9.17) is 9.47 Å². The molecule has 2 heterocycles. The third-order valence-corrected chi connectivity index (χ3v) is 4.12. The quantitative estimate of drug-likeness (QED) is 0.580. The maximum absolute atomic E-state index is 14.2. The molecule has 10 heteroatoms. The molecule has 1 fully saturated rings. The van der Waals surface area contributed by atoms with Gasteiger partial charge >= 0.3 is 12.1 Å². The van der Waals surface area contributed by atoms with Crippen molar-refractivity contribution in [3.05, 3.63) is 53.2 Å². The summed E-state index contributed by atoms with van der Waals surface area (Å²) in [6.45, 7) is 0.723. The van der Waals surface area contributed by atoms with E-state index in [1.165, 1.54) is 18.2 Å². The Morgan fingerprint density at radius 1 is 1.26 bits per heavy atom. The molecule has 0 spiro atoms. The van der Waals surface area contributed by atoms with Crippen molar-refractivity contribution in [2.45, 2.75) is 18.8 Å². The minimum absolute atomic E-state index is 0.0887. The zero-order valence-electron chi connectivity index (χ0n) is 14.0. The van der Waals surface area contributed by atoms with Crippen LogP contribution in [0.2, 0.25) is 0 Å². The highest BCUT2D eigenvalue weighted by atomic mass is 19.4. The first-order valence-corrected chi connectivity index (χ1v) is 8.11. The Morgan fingerprint density at radius 3 is 2.63 bits per heavy atom. The van der Waals surface area contributed by atoms with Crippen molar-refractivity contribution in [1.82, 2.24) is 10.1 Å². The summed E-state index contributed by atoms with van der Waals surface area (Å²) in [5.74, 6) is -1.47. The van der Waals surface area contributed by atoms with E-state index in [9.17, 15) is 22.4 Å². The summed E-state index contributed by atoms with van der Waals surface area (Å²) in [4.78, 5) is 14.3. The fourth-order valence-corrected chi connectivity index (χ4v) is 2.83. The normalized spacial score (nSPS) is 16.9. The average Bonchev–Trinajstić information content (AvgIpc) is 3.12. The van der Waals surface area contributed by atoms with Crippen LogP contribution in [0.15, 0.2) is 35.1 Å². The molecule has 0 saturated carbocycles. The van der Waals surface area contributed by atoms with Crippen LogP contribution in [0.25, 0.3) is 0 Å². The van der Waals surface area contributed by atoms with Gasteiger partial charge in [-0.15, -0.1) is 0 Å². The number of carbonyl (C=O) groups is 1. The number of hydrogen-bond donors (Lipinski definition) is 0. The van der Waals surface area contributed by atoms with Crippen LogP contribution < -0.4 is 0 Å². The van der Waals surface area contributed by atoms with Crippen LogP contribution in [0.4, 0.5) is 17.6 Å². The lowest BCUT2D eigenvalue weighted by Crippen LogP contribution is -2.43. The summed E-state index contributed by atoms with van der Waals surface area (Å²) in [5.41, 5.74) is -1.58. The van der Waals surface area contributed by atoms with Crippen LogP contribution in [0, 0.1) is 5.82 Å². The Morgan fingerprint density at radius 2 is 1.96 bits per heavy atom. The van der Waals surface area contributed by atoms with E-state index in [1.807, 2.05) is 0 Å². The van der Waals surface area contributed by atoms with E-state index < -0.39 is 41.9 Å². The summed E-state index contributed by atoms with van der Waals surface area (Å²) in [7, 11) is 0. The van der Waals surface area contributed by atoms with Gasteiger partial charge in [-0.05, 0) is 6.07 Å². The highest BCUT2D eigenvalue weighted by Gasteiger charge is 2.38.